The summed E-state index contributed by atoms with van der Waals surface area (Å²) in [6.45, 7) is 3.49. The molecule has 0 radical (unpaired) electrons. The summed E-state index contributed by atoms with van der Waals surface area (Å²) in [5.41, 5.74) is 1.39. The highest BCUT2D eigenvalue weighted by atomic mass is 35.5. The summed E-state index contributed by atoms with van der Waals surface area (Å²) in [6.07, 6.45) is 1.66. The molecule has 9 heteroatoms. The van der Waals surface area contributed by atoms with Crippen LogP contribution in [-0.4, -0.2) is 30.0 Å². The van der Waals surface area contributed by atoms with Crippen LogP contribution in [0.25, 0.3) is 5.52 Å². The second-order valence-corrected chi connectivity index (χ2v) is 8.15. The van der Waals surface area contributed by atoms with Gasteiger partial charge in [0.15, 0.2) is 5.69 Å². The molecule has 2 heterocycles. The van der Waals surface area contributed by atoms with E-state index in [1.807, 2.05) is 0 Å². The number of rotatable bonds is 5. The van der Waals surface area contributed by atoms with Crippen LogP contribution in [0.3, 0.4) is 0 Å². The van der Waals surface area contributed by atoms with E-state index in [1.165, 1.54) is 24.3 Å². The van der Waals surface area contributed by atoms with Gasteiger partial charge >= 0.3 is 0 Å². The Balaban J connectivity index is 1.76. The minimum atomic E-state index is -3.57. The Kier molecular flexibility index (Phi) is 4.99. The number of fused-ring (bicyclic) bond motifs is 1. The molecule has 7 nitrogen and oxygen atoms in total. The average molecular weight is 393 g/mol. The SMILES string of the molecule is CC(C)NS(=O)(=O)c1ccc(NC(=O)c2cc3cc(Cl)ccn3n2)cc1. The van der Waals surface area contributed by atoms with Gasteiger partial charge in [0, 0.05) is 22.9 Å². The van der Waals surface area contributed by atoms with Gasteiger partial charge in [-0.1, -0.05) is 11.6 Å². The Morgan fingerprint density at radius 1 is 1.15 bits per heavy atom. The Morgan fingerprint density at radius 2 is 1.85 bits per heavy atom. The first-order valence-electron chi connectivity index (χ1n) is 7.83. The van der Waals surface area contributed by atoms with Crippen molar-refractivity contribution in [3.05, 3.63) is 59.4 Å². The van der Waals surface area contributed by atoms with Crippen LogP contribution in [0.4, 0.5) is 5.69 Å². The van der Waals surface area contributed by atoms with Gasteiger partial charge in [-0.3, -0.25) is 4.79 Å². The van der Waals surface area contributed by atoms with Crippen LogP contribution in [0.5, 0.6) is 0 Å². The molecule has 136 valence electrons. The lowest BCUT2D eigenvalue weighted by molar-refractivity contribution is 0.102. The number of nitrogens with one attached hydrogen (secondary N) is 2. The van der Waals surface area contributed by atoms with E-state index < -0.39 is 15.9 Å². The lowest BCUT2D eigenvalue weighted by Crippen LogP contribution is -2.30. The zero-order chi connectivity index (χ0) is 18.9. The number of sulfonamides is 1. The van der Waals surface area contributed by atoms with E-state index in [1.54, 1.807) is 42.8 Å². The van der Waals surface area contributed by atoms with Gasteiger partial charge in [-0.25, -0.2) is 17.7 Å². The van der Waals surface area contributed by atoms with E-state index in [0.717, 1.165) is 0 Å². The molecule has 0 fully saturated rings. The second-order valence-electron chi connectivity index (χ2n) is 6.00. The van der Waals surface area contributed by atoms with Crippen molar-refractivity contribution in [2.24, 2.45) is 0 Å². The molecular formula is C17H17ClN4O3S. The van der Waals surface area contributed by atoms with Crippen molar-refractivity contribution in [3.63, 3.8) is 0 Å². The van der Waals surface area contributed by atoms with Gasteiger partial charge in [0.1, 0.15) is 0 Å². The maximum atomic E-state index is 12.3. The van der Waals surface area contributed by atoms with Crippen molar-refractivity contribution >= 4 is 38.7 Å². The van der Waals surface area contributed by atoms with Crippen molar-refractivity contribution in [1.29, 1.82) is 0 Å². The summed E-state index contributed by atoms with van der Waals surface area (Å²) in [6, 6.07) is 10.7. The monoisotopic (exact) mass is 392 g/mol. The van der Waals surface area contributed by atoms with Crippen molar-refractivity contribution in [2.45, 2.75) is 24.8 Å². The first kappa shape index (κ1) is 18.4. The van der Waals surface area contributed by atoms with Gasteiger partial charge in [-0.2, -0.15) is 5.10 Å². The van der Waals surface area contributed by atoms with Gasteiger partial charge in [-0.05, 0) is 56.3 Å². The molecule has 0 saturated heterocycles. The normalized spacial score (nSPS) is 11.8. The molecular weight excluding hydrogens is 376 g/mol. The van der Waals surface area contributed by atoms with Gasteiger partial charge < -0.3 is 5.32 Å². The van der Waals surface area contributed by atoms with Crippen LogP contribution in [0.1, 0.15) is 24.3 Å². The molecule has 0 aliphatic carbocycles. The molecule has 2 N–H and O–H groups in total. The highest BCUT2D eigenvalue weighted by Gasteiger charge is 2.16. The number of pyridine rings is 1. The van der Waals surface area contributed by atoms with Crippen LogP contribution in [0.15, 0.2) is 53.6 Å². The molecule has 3 aromatic rings. The molecule has 0 spiro atoms. The van der Waals surface area contributed by atoms with Crippen LogP contribution >= 0.6 is 11.6 Å². The fraction of sp³-hybridized carbons (Fsp3) is 0.176. The number of carbonyl (C=O) groups excluding carboxylic acids is 1. The van der Waals surface area contributed by atoms with E-state index in [4.69, 9.17) is 11.6 Å². The van der Waals surface area contributed by atoms with Crippen molar-refractivity contribution in [3.8, 4) is 0 Å². The summed E-state index contributed by atoms with van der Waals surface area (Å²) < 4.78 is 28.3. The van der Waals surface area contributed by atoms with E-state index in [9.17, 15) is 13.2 Å². The van der Waals surface area contributed by atoms with Crippen molar-refractivity contribution in [1.82, 2.24) is 14.3 Å². The fourth-order valence-electron chi connectivity index (χ4n) is 2.37. The lowest BCUT2D eigenvalue weighted by Gasteiger charge is -2.10. The summed E-state index contributed by atoms with van der Waals surface area (Å²) in [5.74, 6) is -0.402. The van der Waals surface area contributed by atoms with Crippen LogP contribution in [0, 0.1) is 0 Å². The third-order valence-corrected chi connectivity index (χ3v) is 5.38. The molecule has 0 aliphatic heterocycles. The largest absolute Gasteiger partial charge is 0.321 e. The van der Waals surface area contributed by atoms with Crippen LogP contribution in [-0.2, 0) is 10.0 Å². The molecule has 3 rings (SSSR count). The molecule has 1 aromatic carbocycles. The lowest BCUT2D eigenvalue weighted by atomic mass is 10.3. The molecule has 1 amide bonds. The molecule has 0 atom stereocenters. The third kappa shape index (κ3) is 4.04. The molecule has 0 aliphatic rings. The second kappa shape index (κ2) is 7.06. The van der Waals surface area contributed by atoms with Gasteiger partial charge in [0.25, 0.3) is 5.91 Å². The van der Waals surface area contributed by atoms with E-state index in [0.29, 0.717) is 16.2 Å². The first-order chi connectivity index (χ1) is 12.2. The Labute approximate surface area is 156 Å². The fourth-order valence-corrected chi connectivity index (χ4v) is 3.79. The van der Waals surface area contributed by atoms with Crippen molar-refractivity contribution < 1.29 is 13.2 Å². The zero-order valence-electron chi connectivity index (χ0n) is 14.1. The van der Waals surface area contributed by atoms with E-state index >= 15 is 0 Å². The van der Waals surface area contributed by atoms with Crippen LogP contribution < -0.4 is 10.0 Å². The summed E-state index contributed by atoms with van der Waals surface area (Å²) in [5, 5.41) is 7.42. The molecule has 0 saturated carbocycles. The van der Waals surface area contributed by atoms with Gasteiger partial charge in [0.05, 0.1) is 10.4 Å². The number of hydrogen-bond donors (Lipinski definition) is 2. The number of nitrogens with zero attached hydrogens (tertiary/aromatic N) is 2. The minimum absolute atomic E-state index is 0.131. The van der Waals surface area contributed by atoms with Gasteiger partial charge in [0.2, 0.25) is 10.0 Å². The quantitative estimate of drug-likeness (QED) is 0.698. The predicted octanol–water partition coefficient (Wildman–Crippen LogP) is 2.93. The van der Waals surface area contributed by atoms with E-state index in [2.05, 4.69) is 15.1 Å². The maximum absolute atomic E-state index is 12.3. The number of benzene rings is 1. The standard InChI is InChI=1S/C17H17ClN4O3S/c1-11(2)21-26(24,25)15-5-3-13(4-6-15)19-17(23)16-10-14-9-12(18)7-8-22(14)20-16/h3-11,21H,1-2H3,(H,19,23). The average Bonchev–Trinajstić information content (AvgIpc) is 2.97. The summed E-state index contributed by atoms with van der Waals surface area (Å²) in [4.78, 5) is 12.5. The molecule has 2 aromatic heterocycles. The zero-order valence-corrected chi connectivity index (χ0v) is 15.7. The number of amides is 1. The Hall–Kier alpha value is -2.42. The Bertz CT molecular complexity index is 1060. The number of anilines is 1. The topological polar surface area (TPSA) is 92.6 Å². The number of halogens is 1. The van der Waals surface area contributed by atoms with Gasteiger partial charge in [-0.15, -0.1) is 0 Å². The van der Waals surface area contributed by atoms with Crippen molar-refractivity contribution in [2.75, 3.05) is 5.32 Å². The first-order valence-corrected chi connectivity index (χ1v) is 9.69. The van der Waals surface area contributed by atoms with E-state index in [-0.39, 0.29) is 16.6 Å². The summed E-state index contributed by atoms with van der Waals surface area (Å²) in [7, 11) is -3.57. The Morgan fingerprint density at radius 3 is 2.50 bits per heavy atom. The van der Waals surface area contributed by atoms with Crippen LogP contribution in [0.2, 0.25) is 5.02 Å². The predicted molar refractivity (Wildman–Crippen MR) is 100 cm³/mol. The number of aromatic nitrogens is 2. The molecule has 0 unspecified atom stereocenters. The number of carbonyl (C=O) groups is 1. The smallest absolute Gasteiger partial charge is 0.276 e. The third-order valence-electron chi connectivity index (χ3n) is 3.47. The molecule has 26 heavy (non-hydrogen) atoms. The highest BCUT2D eigenvalue weighted by molar-refractivity contribution is 7.89. The minimum Gasteiger partial charge on any atom is -0.321 e. The molecule has 0 bridgehead atoms. The number of hydrogen-bond acceptors (Lipinski definition) is 4. The summed E-state index contributed by atoms with van der Waals surface area (Å²) >= 11 is 5.92. The highest BCUT2D eigenvalue weighted by Crippen LogP contribution is 2.17. The maximum Gasteiger partial charge on any atom is 0.276 e.